The van der Waals surface area contributed by atoms with Crippen LogP contribution in [-0.2, 0) is 0 Å². The van der Waals surface area contributed by atoms with Crippen LogP contribution in [0.5, 0.6) is 0 Å². The van der Waals surface area contributed by atoms with Gasteiger partial charge in [-0.1, -0.05) is 27.7 Å². The fraction of sp³-hybridized carbons (Fsp3) is 1.00. The molecule has 2 N–H and O–H groups in total. The van der Waals surface area contributed by atoms with E-state index in [4.69, 9.17) is 0 Å². The molecule has 0 aromatic carbocycles. The summed E-state index contributed by atoms with van der Waals surface area (Å²) in [6, 6.07) is 0.485. The minimum Gasteiger partial charge on any atom is -0.389 e. The lowest BCUT2D eigenvalue weighted by Crippen LogP contribution is -2.48. The maximum atomic E-state index is 10.5. The summed E-state index contributed by atoms with van der Waals surface area (Å²) in [7, 11) is 0. The molecule has 96 valence electrons. The second kappa shape index (κ2) is 5.05. The Morgan fingerprint density at radius 3 is 2.00 bits per heavy atom. The van der Waals surface area contributed by atoms with Crippen molar-refractivity contribution < 1.29 is 5.11 Å². The summed E-state index contributed by atoms with van der Waals surface area (Å²) in [5.41, 5.74) is -0.0332. The van der Waals surface area contributed by atoms with E-state index in [1.165, 1.54) is 0 Å². The molecule has 0 radical (unpaired) electrons. The van der Waals surface area contributed by atoms with E-state index < -0.39 is 5.60 Å². The summed E-state index contributed by atoms with van der Waals surface area (Å²) in [6.07, 6.45) is 4.16. The molecule has 2 heteroatoms. The Kier molecular flexibility index (Phi) is 4.42. The Morgan fingerprint density at radius 2 is 1.56 bits per heavy atom. The Balaban J connectivity index is 2.37. The number of nitrogens with one attached hydrogen (secondary N) is 1. The van der Waals surface area contributed by atoms with Crippen molar-refractivity contribution in [2.45, 2.75) is 71.9 Å². The van der Waals surface area contributed by atoms with Gasteiger partial charge in [-0.15, -0.1) is 0 Å². The van der Waals surface area contributed by atoms with Crippen molar-refractivity contribution in [1.82, 2.24) is 5.32 Å². The smallest absolute Gasteiger partial charge is 0.0772 e. The summed E-state index contributed by atoms with van der Waals surface area (Å²) in [4.78, 5) is 0. The molecule has 0 saturated heterocycles. The first kappa shape index (κ1) is 14.0. The molecular weight excluding hydrogens is 198 g/mol. The van der Waals surface area contributed by atoms with Crippen molar-refractivity contribution in [3.05, 3.63) is 0 Å². The normalized spacial score (nSPS) is 25.7. The van der Waals surface area contributed by atoms with Crippen LogP contribution in [0.15, 0.2) is 0 Å². The Labute approximate surface area is 101 Å². The molecule has 1 fully saturated rings. The van der Waals surface area contributed by atoms with Gasteiger partial charge < -0.3 is 10.4 Å². The molecule has 0 aromatic heterocycles. The third kappa shape index (κ3) is 4.06. The number of hydrogen-bond acceptors (Lipinski definition) is 2. The van der Waals surface area contributed by atoms with Crippen molar-refractivity contribution >= 4 is 0 Å². The molecule has 1 atom stereocenters. The predicted molar refractivity (Wildman–Crippen MR) is 69.5 cm³/mol. The van der Waals surface area contributed by atoms with E-state index in [0.29, 0.717) is 17.4 Å². The van der Waals surface area contributed by atoms with Crippen molar-refractivity contribution in [3.63, 3.8) is 0 Å². The minimum atomic E-state index is -0.460. The third-order valence-corrected chi connectivity index (χ3v) is 4.29. The van der Waals surface area contributed by atoms with Crippen LogP contribution in [0.25, 0.3) is 0 Å². The molecule has 0 bridgehead atoms. The molecule has 1 aliphatic rings. The van der Waals surface area contributed by atoms with E-state index >= 15 is 0 Å². The van der Waals surface area contributed by atoms with E-state index in [0.717, 1.165) is 32.2 Å². The summed E-state index contributed by atoms with van der Waals surface area (Å²) in [5.74, 6) is 0.628. The van der Waals surface area contributed by atoms with Gasteiger partial charge in [-0.2, -0.15) is 0 Å². The standard InChI is InChI=1S/C14H29NO/c1-11(2)12(3)15-10-14(16)8-6-13(4,5)7-9-14/h11-12,15-16H,6-10H2,1-5H3. The van der Waals surface area contributed by atoms with E-state index in [-0.39, 0.29) is 0 Å². The number of rotatable bonds is 4. The van der Waals surface area contributed by atoms with Gasteiger partial charge in [0.05, 0.1) is 5.60 Å². The van der Waals surface area contributed by atoms with Crippen LogP contribution in [0.2, 0.25) is 0 Å². The van der Waals surface area contributed by atoms with Crippen LogP contribution in [0.1, 0.15) is 60.3 Å². The molecule has 16 heavy (non-hydrogen) atoms. The fourth-order valence-electron chi connectivity index (χ4n) is 2.16. The first-order chi connectivity index (χ1) is 7.24. The van der Waals surface area contributed by atoms with Crippen LogP contribution in [0, 0.1) is 11.3 Å². The zero-order chi connectivity index (χ0) is 12.4. The average Bonchev–Trinajstić information content (AvgIpc) is 2.20. The molecule has 0 aromatic rings. The fourth-order valence-corrected chi connectivity index (χ4v) is 2.16. The Bertz CT molecular complexity index is 213. The molecule has 2 nitrogen and oxygen atoms in total. The molecule has 1 rings (SSSR count). The van der Waals surface area contributed by atoms with Gasteiger partial charge in [0.25, 0.3) is 0 Å². The zero-order valence-corrected chi connectivity index (χ0v) is 11.6. The van der Waals surface area contributed by atoms with Crippen LogP contribution in [-0.4, -0.2) is 23.3 Å². The van der Waals surface area contributed by atoms with Gasteiger partial charge in [-0.3, -0.25) is 0 Å². The Hall–Kier alpha value is -0.0800. The molecule has 0 aliphatic heterocycles. The predicted octanol–water partition coefficient (Wildman–Crippen LogP) is 2.95. The molecule has 1 unspecified atom stereocenters. The Morgan fingerprint density at radius 1 is 1.06 bits per heavy atom. The largest absolute Gasteiger partial charge is 0.389 e. The van der Waals surface area contributed by atoms with Crippen LogP contribution >= 0.6 is 0 Å². The number of aliphatic hydroxyl groups is 1. The highest BCUT2D eigenvalue weighted by molar-refractivity contribution is 4.91. The molecule has 0 spiro atoms. The monoisotopic (exact) mass is 227 g/mol. The maximum absolute atomic E-state index is 10.5. The lowest BCUT2D eigenvalue weighted by Gasteiger charge is -2.41. The summed E-state index contributed by atoms with van der Waals surface area (Å²) in [6.45, 7) is 12.0. The maximum Gasteiger partial charge on any atom is 0.0772 e. The van der Waals surface area contributed by atoms with Gasteiger partial charge in [-0.25, -0.2) is 0 Å². The van der Waals surface area contributed by atoms with Crippen molar-refractivity contribution in [2.24, 2.45) is 11.3 Å². The van der Waals surface area contributed by atoms with E-state index in [1.54, 1.807) is 0 Å². The second-order valence-electron chi connectivity index (χ2n) is 6.80. The second-order valence-corrected chi connectivity index (χ2v) is 6.80. The van der Waals surface area contributed by atoms with E-state index in [9.17, 15) is 5.11 Å². The highest BCUT2D eigenvalue weighted by atomic mass is 16.3. The van der Waals surface area contributed by atoms with Gasteiger partial charge in [-0.05, 0) is 43.9 Å². The van der Waals surface area contributed by atoms with E-state index in [2.05, 4.69) is 39.9 Å². The first-order valence-electron chi connectivity index (χ1n) is 6.70. The lowest BCUT2D eigenvalue weighted by atomic mass is 9.71. The van der Waals surface area contributed by atoms with Gasteiger partial charge >= 0.3 is 0 Å². The van der Waals surface area contributed by atoms with Crippen LogP contribution in [0.3, 0.4) is 0 Å². The summed E-state index contributed by atoms with van der Waals surface area (Å²) in [5, 5.41) is 13.9. The van der Waals surface area contributed by atoms with Crippen molar-refractivity contribution in [3.8, 4) is 0 Å². The SMILES string of the molecule is CC(C)C(C)NCC1(O)CCC(C)(C)CC1. The zero-order valence-electron chi connectivity index (χ0n) is 11.6. The van der Waals surface area contributed by atoms with Crippen molar-refractivity contribution in [1.29, 1.82) is 0 Å². The van der Waals surface area contributed by atoms with Crippen molar-refractivity contribution in [2.75, 3.05) is 6.54 Å². The third-order valence-electron chi connectivity index (χ3n) is 4.29. The highest BCUT2D eigenvalue weighted by Crippen LogP contribution is 2.39. The molecule has 1 aliphatic carbocycles. The van der Waals surface area contributed by atoms with Gasteiger partial charge in [0.1, 0.15) is 0 Å². The number of hydrogen-bond donors (Lipinski definition) is 2. The molecule has 1 saturated carbocycles. The topological polar surface area (TPSA) is 32.3 Å². The summed E-state index contributed by atoms with van der Waals surface area (Å²) >= 11 is 0. The molecule has 0 heterocycles. The van der Waals surface area contributed by atoms with Gasteiger partial charge in [0, 0.05) is 12.6 Å². The van der Waals surface area contributed by atoms with E-state index in [1.807, 2.05) is 0 Å². The molecule has 0 amide bonds. The molecular formula is C14H29NO. The summed E-state index contributed by atoms with van der Waals surface area (Å²) < 4.78 is 0. The van der Waals surface area contributed by atoms with Crippen LogP contribution in [0.4, 0.5) is 0 Å². The lowest BCUT2D eigenvalue weighted by molar-refractivity contribution is -0.0265. The van der Waals surface area contributed by atoms with Gasteiger partial charge in [0.15, 0.2) is 0 Å². The highest BCUT2D eigenvalue weighted by Gasteiger charge is 2.36. The minimum absolute atomic E-state index is 0.426. The first-order valence-corrected chi connectivity index (χ1v) is 6.70. The quantitative estimate of drug-likeness (QED) is 0.774. The van der Waals surface area contributed by atoms with Crippen LogP contribution < -0.4 is 5.32 Å². The van der Waals surface area contributed by atoms with Gasteiger partial charge in [0.2, 0.25) is 0 Å². The average molecular weight is 227 g/mol.